The van der Waals surface area contributed by atoms with E-state index in [-0.39, 0.29) is 28.5 Å². The molecule has 0 atom stereocenters. The van der Waals surface area contributed by atoms with Gasteiger partial charge in [-0.2, -0.15) is 0 Å². The van der Waals surface area contributed by atoms with E-state index in [1.54, 1.807) is 43.3 Å². The average molecular weight is 477 g/mol. The van der Waals surface area contributed by atoms with Gasteiger partial charge in [0.15, 0.2) is 5.75 Å². The molecule has 5 rings (SSSR count). The van der Waals surface area contributed by atoms with Crippen LogP contribution in [0.5, 0.6) is 5.75 Å². The van der Waals surface area contributed by atoms with E-state index in [4.69, 9.17) is 9.47 Å². The van der Waals surface area contributed by atoms with E-state index < -0.39 is 21.7 Å². The lowest BCUT2D eigenvalue weighted by Gasteiger charge is -2.11. The Morgan fingerprint density at radius 2 is 1.82 bits per heavy atom. The number of rotatable bonds is 5. The molecule has 0 unspecified atom stereocenters. The van der Waals surface area contributed by atoms with Crippen LogP contribution in [-0.4, -0.2) is 31.1 Å². The monoisotopic (exact) mass is 477 g/mol. The van der Waals surface area contributed by atoms with Gasteiger partial charge in [-0.25, -0.2) is 13.2 Å². The van der Waals surface area contributed by atoms with Crippen LogP contribution in [0.4, 0.5) is 10.5 Å². The number of H-pyrrole nitrogens is 2. The quantitative estimate of drug-likeness (QED) is 0.320. The molecule has 0 spiro atoms. The van der Waals surface area contributed by atoms with Crippen LogP contribution in [0.25, 0.3) is 32.6 Å². The van der Waals surface area contributed by atoms with Gasteiger partial charge < -0.3 is 19.4 Å². The molecule has 0 aliphatic rings. The highest BCUT2D eigenvalue weighted by molar-refractivity contribution is 7.92. The maximum absolute atomic E-state index is 13.1. The molecule has 0 aliphatic carbocycles. The van der Waals surface area contributed by atoms with Crippen molar-refractivity contribution < 1.29 is 22.7 Å². The minimum atomic E-state index is -3.89. The number of pyridine rings is 1. The number of aromatic amines is 2. The SMILES string of the molecule is CCOC(=O)Oc1c[nH]c2c(=O)[nH]c3ccc(NS(=O)(=O)c4ccc5ccccc5c4)cc3c12. The van der Waals surface area contributed by atoms with Crippen molar-refractivity contribution in [1.29, 1.82) is 0 Å². The highest BCUT2D eigenvalue weighted by Crippen LogP contribution is 2.32. The van der Waals surface area contributed by atoms with Crippen LogP contribution in [0.3, 0.4) is 0 Å². The number of carbonyl (C=O) groups excluding carboxylic acids is 1. The molecule has 2 aromatic heterocycles. The van der Waals surface area contributed by atoms with E-state index >= 15 is 0 Å². The van der Waals surface area contributed by atoms with Crippen molar-refractivity contribution in [2.24, 2.45) is 0 Å². The van der Waals surface area contributed by atoms with Crippen LogP contribution in [0, 0.1) is 0 Å². The third-order valence-corrected chi connectivity index (χ3v) is 6.73. The first-order valence-corrected chi connectivity index (χ1v) is 11.9. The van der Waals surface area contributed by atoms with Crippen LogP contribution in [0.2, 0.25) is 0 Å². The summed E-state index contributed by atoms with van der Waals surface area (Å²) in [6.45, 7) is 1.77. The number of hydrogen-bond acceptors (Lipinski definition) is 6. The zero-order valence-electron chi connectivity index (χ0n) is 17.9. The summed E-state index contributed by atoms with van der Waals surface area (Å²) in [5.74, 6) is 0.0964. The number of hydrogen-bond donors (Lipinski definition) is 3. The molecule has 3 N–H and O–H groups in total. The summed E-state index contributed by atoms with van der Waals surface area (Å²) in [6, 6.07) is 17.1. The van der Waals surface area contributed by atoms with E-state index in [0.717, 1.165) is 10.8 Å². The smallest absolute Gasteiger partial charge is 0.434 e. The predicted molar refractivity (Wildman–Crippen MR) is 129 cm³/mol. The number of benzene rings is 3. The molecule has 0 radical (unpaired) electrons. The molecule has 0 amide bonds. The van der Waals surface area contributed by atoms with E-state index in [9.17, 15) is 18.0 Å². The largest absolute Gasteiger partial charge is 0.513 e. The highest BCUT2D eigenvalue weighted by Gasteiger charge is 2.19. The van der Waals surface area contributed by atoms with Gasteiger partial charge in [0.05, 0.1) is 16.9 Å². The van der Waals surface area contributed by atoms with Crippen LogP contribution >= 0.6 is 0 Å². The number of fused-ring (bicyclic) bond motifs is 4. The molecular formula is C24H19N3O6S. The number of carbonyl (C=O) groups is 1. The normalized spacial score (nSPS) is 11.7. The molecule has 172 valence electrons. The number of nitrogens with one attached hydrogen (secondary N) is 3. The molecule has 9 nitrogen and oxygen atoms in total. The first-order chi connectivity index (χ1) is 16.4. The summed E-state index contributed by atoms with van der Waals surface area (Å²) in [5.41, 5.74) is 0.490. The summed E-state index contributed by atoms with van der Waals surface area (Å²) in [4.78, 5) is 29.9. The van der Waals surface area contributed by atoms with Crippen LogP contribution in [0.1, 0.15) is 6.92 Å². The first kappa shape index (κ1) is 21.5. The van der Waals surface area contributed by atoms with Gasteiger partial charge >= 0.3 is 6.16 Å². The minimum absolute atomic E-state index is 0.0964. The average Bonchev–Trinajstić information content (AvgIpc) is 3.23. The predicted octanol–water partition coefficient (Wildman–Crippen LogP) is 4.50. The summed E-state index contributed by atoms with van der Waals surface area (Å²) in [5, 5.41) is 2.55. The number of anilines is 1. The lowest BCUT2D eigenvalue weighted by atomic mass is 10.1. The van der Waals surface area contributed by atoms with Crippen molar-refractivity contribution in [1.82, 2.24) is 9.97 Å². The van der Waals surface area contributed by atoms with Gasteiger partial charge in [0.1, 0.15) is 5.52 Å². The molecule has 3 aromatic carbocycles. The lowest BCUT2D eigenvalue weighted by molar-refractivity contribution is 0.105. The Labute approximate surface area is 193 Å². The Kier molecular flexibility index (Phi) is 5.21. The minimum Gasteiger partial charge on any atom is -0.434 e. The van der Waals surface area contributed by atoms with Gasteiger partial charge in [0.25, 0.3) is 15.6 Å². The molecule has 0 saturated heterocycles. The van der Waals surface area contributed by atoms with Gasteiger partial charge in [-0.15, -0.1) is 0 Å². The summed E-state index contributed by atoms with van der Waals surface area (Å²) in [7, 11) is -3.89. The van der Waals surface area contributed by atoms with Crippen molar-refractivity contribution in [2.75, 3.05) is 11.3 Å². The molecule has 0 fully saturated rings. The van der Waals surface area contributed by atoms with Crippen molar-refractivity contribution in [3.63, 3.8) is 0 Å². The Bertz CT molecular complexity index is 1740. The van der Waals surface area contributed by atoms with Crippen LogP contribution in [-0.2, 0) is 14.8 Å². The van der Waals surface area contributed by atoms with Gasteiger partial charge in [0, 0.05) is 22.8 Å². The molecule has 2 heterocycles. The summed E-state index contributed by atoms with van der Waals surface area (Å²) in [6.07, 6.45) is 0.465. The van der Waals surface area contributed by atoms with E-state index in [2.05, 4.69) is 14.7 Å². The molecule has 0 aliphatic heterocycles. The lowest BCUT2D eigenvalue weighted by Crippen LogP contribution is -2.13. The summed E-state index contributed by atoms with van der Waals surface area (Å²) < 4.78 is 38.8. The van der Waals surface area contributed by atoms with Crippen LogP contribution < -0.4 is 15.0 Å². The second kappa shape index (κ2) is 8.23. The van der Waals surface area contributed by atoms with E-state index in [1.165, 1.54) is 6.20 Å². The number of ether oxygens (including phenoxy) is 2. The number of aromatic nitrogens is 2. The molecule has 10 heteroatoms. The van der Waals surface area contributed by atoms with Gasteiger partial charge in [0.2, 0.25) is 0 Å². The molecule has 34 heavy (non-hydrogen) atoms. The second-order valence-corrected chi connectivity index (χ2v) is 9.20. The third-order valence-electron chi connectivity index (χ3n) is 5.35. The van der Waals surface area contributed by atoms with Gasteiger partial charge in [-0.3, -0.25) is 9.52 Å². The first-order valence-electron chi connectivity index (χ1n) is 10.4. The fourth-order valence-electron chi connectivity index (χ4n) is 3.83. The Morgan fingerprint density at radius 1 is 1.03 bits per heavy atom. The fraction of sp³-hybridized carbons (Fsp3) is 0.0833. The third kappa shape index (κ3) is 3.84. The fourth-order valence-corrected chi connectivity index (χ4v) is 4.91. The molecule has 5 aromatic rings. The van der Waals surface area contributed by atoms with Gasteiger partial charge in [-0.1, -0.05) is 30.3 Å². The maximum atomic E-state index is 13.1. The molecular weight excluding hydrogens is 458 g/mol. The second-order valence-electron chi connectivity index (χ2n) is 7.52. The standard InChI is InChI=1S/C24H19N3O6S/c1-2-32-24(29)33-20-13-25-22-21(20)18-12-16(8-10-19(18)26-23(22)28)27-34(30,31)17-9-7-14-5-3-4-6-15(14)11-17/h3-13,25,27H,2H2,1H3,(H,26,28). The van der Waals surface area contributed by atoms with Gasteiger partial charge in [-0.05, 0) is 48.0 Å². The molecule has 0 saturated carbocycles. The Morgan fingerprint density at radius 3 is 2.62 bits per heavy atom. The topological polar surface area (TPSA) is 130 Å². The van der Waals surface area contributed by atoms with E-state index in [1.807, 2.05) is 24.3 Å². The zero-order valence-corrected chi connectivity index (χ0v) is 18.7. The van der Waals surface area contributed by atoms with Crippen LogP contribution in [0.15, 0.2) is 76.6 Å². The van der Waals surface area contributed by atoms with Crippen molar-refractivity contribution in [3.8, 4) is 5.75 Å². The maximum Gasteiger partial charge on any atom is 0.513 e. The highest BCUT2D eigenvalue weighted by atomic mass is 32.2. The van der Waals surface area contributed by atoms with Crippen molar-refractivity contribution in [2.45, 2.75) is 11.8 Å². The van der Waals surface area contributed by atoms with Crippen molar-refractivity contribution in [3.05, 3.63) is 77.2 Å². The Balaban J connectivity index is 1.58. The summed E-state index contributed by atoms with van der Waals surface area (Å²) >= 11 is 0. The zero-order chi connectivity index (χ0) is 23.9. The number of sulfonamides is 1. The van der Waals surface area contributed by atoms with Crippen molar-refractivity contribution >= 4 is 54.4 Å². The van der Waals surface area contributed by atoms with E-state index in [0.29, 0.717) is 16.3 Å². The Hall–Kier alpha value is -4.31. The molecule has 0 bridgehead atoms.